The summed E-state index contributed by atoms with van der Waals surface area (Å²) in [6.07, 6.45) is 1.08. The number of rotatable bonds is 5. The standard InChI is InChI=1S/C14H18N2O/c1-2-3-6-9-16-14(17)10-12-7-4-5-8-13(12)11-15/h4-5,7-8H,6,9-11,15H2,1H3,(H,16,17). The summed E-state index contributed by atoms with van der Waals surface area (Å²) in [5.74, 6) is 5.71. The van der Waals surface area contributed by atoms with E-state index in [0.29, 0.717) is 25.9 Å². The Kier molecular flexibility index (Phi) is 5.84. The Morgan fingerprint density at radius 3 is 2.71 bits per heavy atom. The van der Waals surface area contributed by atoms with Gasteiger partial charge in [-0.25, -0.2) is 0 Å². The second kappa shape index (κ2) is 7.48. The van der Waals surface area contributed by atoms with Gasteiger partial charge >= 0.3 is 0 Å². The third-order valence-electron chi connectivity index (χ3n) is 2.44. The molecule has 0 aromatic heterocycles. The van der Waals surface area contributed by atoms with Gasteiger partial charge in [0, 0.05) is 19.5 Å². The highest BCUT2D eigenvalue weighted by molar-refractivity contribution is 5.78. The quantitative estimate of drug-likeness (QED) is 0.590. The van der Waals surface area contributed by atoms with Crippen LogP contribution in [0.1, 0.15) is 24.5 Å². The second-order valence-electron chi connectivity index (χ2n) is 3.68. The lowest BCUT2D eigenvalue weighted by Gasteiger charge is -2.07. The summed E-state index contributed by atoms with van der Waals surface area (Å²) in [5.41, 5.74) is 7.63. The molecule has 0 bridgehead atoms. The first-order chi connectivity index (χ1) is 8.27. The lowest BCUT2D eigenvalue weighted by Crippen LogP contribution is -2.26. The Balaban J connectivity index is 2.46. The molecule has 0 atom stereocenters. The molecule has 0 unspecified atom stereocenters. The molecule has 0 aliphatic rings. The summed E-state index contributed by atoms with van der Waals surface area (Å²) in [5, 5.41) is 2.84. The SMILES string of the molecule is CC#CCCNC(=O)Cc1ccccc1CN. The van der Waals surface area contributed by atoms with Gasteiger partial charge in [-0.2, -0.15) is 0 Å². The van der Waals surface area contributed by atoms with Gasteiger partial charge in [-0.3, -0.25) is 4.79 Å². The Hall–Kier alpha value is -1.79. The van der Waals surface area contributed by atoms with Crippen LogP contribution >= 0.6 is 0 Å². The van der Waals surface area contributed by atoms with E-state index in [4.69, 9.17) is 5.73 Å². The van der Waals surface area contributed by atoms with Crippen LogP contribution in [0.25, 0.3) is 0 Å². The minimum Gasteiger partial charge on any atom is -0.355 e. The van der Waals surface area contributed by atoms with Gasteiger partial charge in [-0.15, -0.1) is 11.8 Å². The lowest BCUT2D eigenvalue weighted by molar-refractivity contribution is -0.120. The van der Waals surface area contributed by atoms with Crippen molar-refractivity contribution in [2.24, 2.45) is 5.73 Å². The van der Waals surface area contributed by atoms with Gasteiger partial charge in [0.25, 0.3) is 0 Å². The number of amides is 1. The molecular weight excluding hydrogens is 212 g/mol. The van der Waals surface area contributed by atoms with Gasteiger partial charge < -0.3 is 11.1 Å². The van der Waals surface area contributed by atoms with Crippen molar-refractivity contribution >= 4 is 5.91 Å². The van der Waals surface area contributed by atoms with E-state index in [2.05, 4.69) is 17.2 Å². The fourth-order valence-electron chi connectivity index (χ4n) is 1.55. The van der Waals surface area contributed by atoms with E-state index in [1.807, 2.05) is 24.3 Å². The third kappa shape index (κ3) is 4.71. The molecule has 1 aromatic rings. The topological polar surface area (TPSA) is 55.1 Å². The van der Waals surface area contributed by atoms with Crippen molar-refractivity contribution < 1.29 is 4.79 Å². The van der Waals surface area contributed by atoms with Crippen LogP contribution in [0.4, 0.5) is 0 Å². The van der Waals surface area contributed by atoms with Crippen molar-refractivity contribution in [2.45, 2.75) is 26.3 Å². The van der Waals surface area contributed by atoms with Crippen LogP contribution in [0, 0.1) is 11.8 Å². The third-order valence-corrected chi connectivity index (χ3v) is 2.44. The molecule has 3 N–H and O–H groups in total. The minimum atomic E-state index is 0.0174. The van der Waals surface area contributed by atoms with Crippen molar-refractivity contribution in [1.29, 1.82) is 0 Å². The van der Waals surface area contributed by atoms with E-state index in [1.165, 1.54) is 0 Å². The first-order valence-corrected chi connectivity index (χ1v) is 5.71. The Morgan fingerprint density at radius 1 is 1.35 bits per heavy atom. The Bertz CT molecular complexity index is 429. The van der Waals surface area contributed by atoms with Gasteiger partial charge in [0.15, 0.2) is 0 Å². The van der Waals surface area contributed by atoms with E-state index in [1.54, 1.807) is 6.92 Å². The molecule has 90 valence electrons. The maximum Gasteiger partial charge on any atom is 0.224 e. The molecule has 0 aliphatic heterocycles. The van der Waals surface area contributed by atoms with Crippen molar-refractivity contribution in [3.8, 4) is 11.8 Å². The average molecular weight is 230 g/mol. The molecule has 0 radical (unpaired) electrons. The molecule has 3 heteroatoms. The zero-order chi connectivity index (χ0) is 12.5. The molecular formula is C14H18N2O. The zero-order valence-corrected chi connectivity index (χ0v) is 10.1. The normalized spacial score (nSPS) is 9.29. The van der Waals surface area contributed by atoms with Gasteiger partial charge in [0.05, 0.1) is 6.42 Å². The van der Waals surface area contributed by atoms with Crippen LogP contribution in [-0.2, 0) is 17.8 Å². The number of hydrogen-bond acceptors (Lipinski definition) is 2. The molecule has 1 aromatic carbocycles. The summed E-state index contributed by atoms with van der Waals surface area (Å²) in [6, 6.07) is 7.74. The van der Waals surface area contributed by atoms with Crippen molar-refractivity contribution in [2.75, 3.05) is 6.54 Å². The van der Waals surface area contributed by atoms with Crippen molar-refractivity contribution in [1.82, 2.24) is 5.32 Å². The predicted molar refractivity (Wildman–Crippen MR) is 69.1 cm³/mol. The predicted octanol–water partition coefficient (Wildman–Crippen LogP) is 1.22. The van der Waals surface area contributed by atoms with Crippen LogP contribution in [0.3, 0.4) is 0 Å². The summed E-state index contributed by atoms with van der Waals surface area (Å²) in [7, 11) is 0. The molecule has 1 amide bonds. The first kappa shape index (κ1) is 13.3. The number of carbonyl (C=O) groups is 1. The van der Waals surface area contributed by atoms with Crippen LogP contribution in [0.2, 0.25) is 0 Å². The van der Waals surface area contributed by atoms with Gasteiger partial charge in [-0.1, -0.05) is 24.3 Å². The smallest absolute Gasteiger partial charge is 0.224 e. The number of hydrogen-bond donors (Lipinski definition) is 2. The summed E-state index contributed by atoms with van der Waals surface area (Å²) in [6.45, 7) is 2.86. The largest absolute Gasteiger partial charge is 0.355 e. The van der Waals surface area contributed by atoms with Crippen LogP contribution in [-0.4, -0.2) is 12.5 Å². The number of benzene rings is 1. The van der Waals surface area contributed by atoms with Crippen LogP contribution in [0.15, 0.2) is 24.3 Å². The van der Waals surface area contributed by atoms with E-state index >= 15 is 0 Å². The molecule has 1 rings (SSSR count). The molecule has 0 spiro atoms. The molecule has 17 heavy (non-hydrogen) atoms. The minimum absolute atomic E-state index is 0.0174. The van der Waals surface area contributed by atoms with Crippen LogP contribution < -0.4 is 11.1 Å². The highest BCUT2D eigenvalue weighted by Gasteiger charge is 2.05. The zero-order valence-electron chi connectivity index (χ0n) is 10.1. The van der Waals surface area contributed by atoms with E-state index < -0.39 is 0 Å². The Morgan fingerprint density at radius 2 is 2.06 bits per heavy atom. The molecule has 3 nitrogen and oxygen atoms in total. The summed E-state index contributed by atoms with van der Waals surface area (Å²) < 4.78 is 0. The first-order valence-electron chi connectivity index (χ1n) is 5.71. The lowest BCUT2D eigenvalue weighted by atomic mass is 10.0. The highest BCUT2D eigenvalue weighted by atomic mass is 16.1. The van der Waals surface area contributed by atoms with Gasteiger partial charge in [0.2, 0.25) is 5.91 Å². The van der Waals surface area contributed by atoms with E-state index in [0.717, 1.165) is 11.1 Å². The summed E-state index contributed by atoms with van der Waals surface area (Å²) in [4.78, 5) is 11.6. The van der Waals surface area contributed by atoms with E-state index in [9.17, 15) is 4.79 Å². The highest BCUT2D eigenvalue weighted by Crippen LogP contribution is 2.08. The maximum absolute atomic E-state index is 11.6. The second-order valence-corrected chi connectivity index (χ2v) is 3.68. The fraction of sp³-hybridized carbons (Fsp3) is 0.357. The monoisotopic (exact) mass is 230 g/mol. The molecule has 0 saturated heterocycles. The number of nitrogens with two attached hydrogens (primary N) is 1. The van der Waals surface area contributed by atoms with Crippen molar-refractivity contribution in [3.05, 3.63) is 35.4 Å². The number of carbonyl (C=O) groups excluding carboxylic acids is 1. The number of nitrogens with one attached hydrogen (secondary N) is 1. The summed E-state index contributed by atoms with van der Waals surface area (Å²) >= 11 is 0. The van der Waals surface area contributed by atoms with Gasteiger partial charge in [-0.05, 0) is 18.1 Å². The average Bonchev–Trinajstić information content (AvgIpc) is 2.35. The fourth-order valence-corrected chi connectivity index (χ4v) is 1.55. The van der Waals surface area contributed by atoms with E-state index in [-0.39, 0.29) is 5.91 Å². The van der Waals surface area contributed by atoms with Gasteiger partial charge in [0.1, 0.15) is 0 Å². The Labute approximate surface area is 102 Å². The molecule has 0 aliphatic carbocycles. The molecule has 0 fully saturated rings. The molecule has 0 saturated carbocycles. The van der Waals surface area contributed by atoms with Crippen LogP contribution in [0.5, 0.6) is 0 Å². The maximum atomic E-state index is 11.6. The van der Waals surface area contributed by atoms with Crippen molar-refractivity contribution in [3.63, 3.8) is 0 Å². The molecule has 0 heterocycles.